The van der Waals surface area contributed by atoms with Gasteiger partial charge < -0.3 is 16.3 Å². The van der Waals surface area contributed by atoms with Gasteiger partial charge in [0.15, 0.2) is 5.84 Å². The van der Waals surface area contributed by atoms with Crippen LogP contribution in [0, 0.1) is 11.2 Å². The zero-order valence-electron chi connectivity index (χ0n) is 12.0. The smallest absolute Gasteiger partial charge is 0.230 e. The van der Waals surface area contributed by atoms with Gasteiger partial charge in [0.05, 0.1) is 11.3 Å². The second kappa shape index (κ2) is 6.11. The number of benzene rings is 1. The third-order valence-electron chi connectivity index (χ3n) is 4.34. The van der Waals surface area contributed by atoms with Crippen LogP contribution in [0.15, 0.2) is 23.4 Å². The summed E-state index contributed by atoms with van der Waals surface area (Å²) in [6.07, 6.45) is 4.47. The zero-order chi connectivity index (χ0) is 15.5. The molecule has 0 bridgehead atoms. The van der Waals surface area contributed by atoms with Crippen molar-refractivity contribution in [1.82, 2.24) is 0 Å². The maximum Gasteiger partial charge on any atom is 0.230 e. The molecule has 5 nitrogen and oxygen atoms in total. The summed E-state index contributed by atoms with van der Waals surface area (Å²) in [5.41, 5.74) is 5.25. The molecule has 0 atom stereocenters. The van der Waals surface area contributed by atoms with Gasteiger partial charge in [-0.2, -0.15) is 0 Å². The number of nitrogens with two attached hydrogens (primary N) is 1. The van der Waals surface area contributed by atoms with Gasteiger partial charge in [0.2, 0.25) is 5.91 Å². The second-order valence-corrected chi connectivity index (χ2v) is 5.44. The molecular formula is C15H20FN3O2. The summed E-state index contributed by atoms with van der Waals surface area (Å²) in [5.74, 6) is -1.12. The van der Waals surface area contributed by atoms with E-state index in [2.05, 4.69) is 10.5 Å². The summed E-state index contributed by atoms with van der Waals surface area (Å²) in [6, 6.07) is 4.23. The van der Waals surface area contributed by atoms with Gasteiger partial charge in [0, 0.05) is 5.41 Å². The van der Waals surface area contributed by atoms with Crippen LogP contribution >= 0.6 is 0 Å². The van der Waals surface area contributed by atoms with Crippen LogP contribution in [0.5, 0.6) is 0 Å². The van der Waals surface area contributed by atoms with Gasteiger partial charge in [-0.05, 0) is 31.4 Å². The Labute approximate surface area is 123 Å². The van der Waals surface area contributed by atoms with E-state index in [1.807, 2.05) is 6.92 Å². The summed E-state index contributed by atoms with van der Waals surface area (Å²) in [6.45, 7) is 1.99. The fraction of sp³-hybridized carbons (Fsp3) is 0.467. The number of carbonyl (C=O) groups is 1. The lowest BCUT2D eigenvalue weighted by Crippen LogP contribution is -2.34. The molecule has 0 unspecified atom stereocenters. The number of halogens is 1. The zero-order valence-corrected chi connectivity index (χ0v) is 12.0. The van der Waals surface area contributed by atoms with E-state index in [-0.39, 0.29) is 23.0 Å². The molecule has 0 saturated heterocycles. The number of amidine groups is 1. The molecule has 1 aromatic carbocycles. The SMILES string of the molecule is CCC1(C(=O)Nc2cccc(F)c2/C(N)=N/O)CCCC1. The number of hydrogen-bond acceptors (Lipinski definition) is 3. The molecule has 2 rings (SSSR count). The van der Waals surface area contributed by atoms with E-state index in [1.165, 1.54) is 12.1 Å². The van der Waals surface area contributed by atoms with Crippen molar-refractivity contribution in [2.75, 3.05) is 5.32 Å². The Bertz CT molecular complexity index is 566. The summed E-state index contributed by atoms with van der Waals surface area (Å²) in [7, 11) is 0. The Morgan fingerprint density at radius 2 is 2.14 bits per heavy atom. The number of amides is 1. The lowest BCUT2D eigenvalue weighted by Gasteiger charge is -2.26. The van der Waals surface area contributed by atoms with E-state index >= 15 is 0 Å². The maximum absolute atomic E-state index is 13.9. The Hall–Kier alpha value is -2.11. The molecule has 1 aliphatic carbocycles. The number of oxime groups is 1. The Morgan fingerprint density at radius 3 is 2.71 bits per heavy atom. The summed E-state index contributed by atoms with van der Waals surface area (Å²) in [4.78, 5) is 12.6. The molecular weight excluding hydrogens is 273 g/mol. The highest BCUT2D eigenvalue weighted by atomic mass is 19.1. The van der Waals surface area contributed by atoms with E-state index in [0.29, 0.717) is 0 Å². The molecule has 0 heterocycles. The first-order chi connectivity index (χ1) is 10.0. The minimum absolute atomic E-state index is 0.0856. The number of rotatable bonds is 4. The summed E-state index contributed by atoms with van der Waals surface area (Å²) >= 11 is 0. The molecule has 1 aliphatic rings. The molecule has 1 saturated carbocycles. The van der Waals surface area contributed by atoms with Crippen LogP contribution < -0.4 is 11.1 Å². The first kappa shape index (κ1) is 15.3. The molecule has 114 valence electrons. The normalized spacial score (nSPS) is 17.7. The van der Waals surface area contributed by atoms with Crippen molar-refractivity contribution in [3.05, 3.63) is 29.6 Å². The van der Waals surface area contributed by atoms with Gasteiger partial charge in [-0.1, -0.05) is 31.0 Å². The van der Waals surface area contributed by atoms with Gasteiger partial charge in [-0.15, -0.1) is 0 Å². The third-order valence-corrected chi connectivity index (χ3v) is 4.34. The number of nitrogens with one attached hydrogen (secondary N) is 1. The van der Waals surface area contributed by atoms with Crippen molar-refractivity contribution in [1.29, 1.82) is 0 Å². The number of anilines is 1. The van der Waals surface area contributed by atoms with Crippen LogP contribution in [0.25, 0.3) is 0 Å². The fourth-order valence-corrected chi connectivity index (χ4v) is 2.99. The van der Waals surface area contributed by atoms with Crippen molar-refractivity contribution in [3.8, 4) is 0 Å². The Balaban J connectivity index is 2.32. The van der Waals surface area contributed by atoms with Crippen molar-refractivity contribution in [3.63, 3.8) is 0 Å². The molecule has 0 aliphatic heterocycles. The first-order valence-corrected chi connectivity index (χ1v) is 7.12. The fourth-order valence-electron chi connectivity index (χ4n) is 2.99. The Kier molecular flexibility index (Phi) is 4.45. The molecule has 21 heavy (non-hydrogen) atoms. The van der Waals surface area contributed by atoms with Crippen molar-refractivity contribution >= 4 is 17.4 Å². The van der Waals surface area contributed by atoms with Crippen LogP contribution in [-0.2, 0) is 4.79 Å². The predicted molar refractivity (Wildman–Crippen MR) is 78.7 cm³/mol. The van der Waals surface area contributed by atoms with Gasteiger partial charge in [0.25, 0.3) is 0 Å². The molecule has 4 N–H and O–H groups in total. The maximum atomic E-state index is 13.9. The number of carbonyl (C=O) groups excluding carboxylic acids is 1. The van der Waals surface area contributed by atoms with E-state index < -0.39 is 11.2 Å². The molecule has 1 aromatic rings. The highest BCUT2D eigenvalue weighted by Gasteiger charge is 2.39. The quantitative estimate of drug-likeness (QED) is 0.345. The van der Waals surface area contributed by atoms with E-state index in [4.69, 9.17) is 10.9 Å². The molecule has 1 fully saturated rings. The summed E-state index contributed by atoms with van der Waals surface area (Å²) < 4.78 is 13.9. The van der Waals surface area contributed by atoms with Crippen LogP contribution in [0.3, 0.4) is 0 Å². The number of hydrogen-bond donors (Lipinski definition) is 3. The first-order valence-electron chi connectivity index (χ1n) is 7.12. The summed E-state index contributed by atoms with van der Waals surface area (Å²) in [5, 5.41) is 14.3. The molecule has 6 heteroatoms. The van der Waals surface area contributed by atoms with Crippen LogP contribution in [-0.4, -0.2) is 17.0 Å². The van der Waals surface area contributed by atoms with E-state index in [9.17, 15) is 9.18 Å². The van der Waals surface area contributed by atoms with E-state index in [1.54, 1.807) is 6.07 Å². The Morgan fingerprint density at radius 1 is 1.48 bits per heavy atom. The largest absolute Gasteiger partial charge is 0.409 e. The molecule has 1 amide bonds. The van der Waals surface area contributed by atoms with Crippen molar-refractivity contribution in [2.45, 2.75) is 39.0 Å². The average Bonchev–Trinajstić information content (AvgIpc) is 2.97. The predicted octanol–water partition coefficient (Wildman–Crippen LogP) is 2.83. The monoisotopic (exact) mass is 293 g/mol. The minimum atomic E-state index is -0.639. The molecule has 0 spiro atoms. The standard InChI is InChI=1S/C15H20FN3O2/c1-2-15(8-3-4-9-15)14(20)18-11-7-5-6-10(16)12(11)13(17)19-21/h5-7,21H,2-4,8-9H2,1H3,(H2,17,19)(H,18,20). The van der Waals surface area contributed by atoms with Gasteiger partial charge in [0.1, 0.15) is 5.82 Å². The average molecular weight is 293 g/mol. The topological polar surface area (TPSA) is 87.7 Å². The highest BCUT2D eigenvalue weighted by molar-refractivity contribution is 6.06. The van der Waals surface area contributed by atoms with Gasteiger partial charge >= 0.3 is 0 Å². The minimum Gasteiger partial charge on any atom is -0.409 e. The third kappa shape index (κ3) is 2.84. The molecule has 0 radical (unpaired) electrons. The van der Waals surface area contributed by atoms with Gasteiger partial charge in [-0.3, -0.25) is 4.79 Å². The second-order valence-electron chi connectivity index (χ2n) is 5.44. The van der Waals surface area contributed by atoms with Crippen molar-refractivity contribution in [2.24, 2.45) is 16.3 Å². The van der Waals surface area contributed by atoms with Crippen LogP contribution in [0.1, 0.15) is 44.6 Å². The van der Waals surface area contributed by atoms with Crippen LogP contribution in [0.2, 0.25) is 0 Å². The highest BCUT2D eigenvalue weighted by Crippen LogP contribution is 2.42. The van der Waals surface area contributed by atoms with Crippen LogP contribution in [0.4, 0.5) is 10.1 Å². The molecule has 0 aromatic heterocycles. The van der Waals surface area contributed by atoms with Gasteiger partial charge in [-0.25, -0.2) is 4.39 Å². The lowest BCUT2D eigenvalue weighted by atomic mass is 9.82. The lowest BCUT2D eigenvalue weighted by molar-refractivity contribution is -0.125. The number of nitrogens with zero attached hydrogens (tertiary/aromatic N) is 1. The van der Waals surface area contributed by atoms with E-state index in [0.717, 1.165) is 32.1 Å². The van der Waals surface area contributed by atoms with Crippen molar-refractivity contribution < 1.29 is 14.4 Å².